The number of nitrogens with zero attached hydrogens (tertiary/aromatic N) is 3. The van der Waals surface area contributed by atoms with Crippen molar-refractivity contribution in [2.45, 2.75) is 45.7 Å². The van der Waals surface area contributed by atoms with Crippen molar-refractivity contribution in [3.05, 3.63) is 41.2 Å². The second kappa shape index (κ2) is 8.31. The summed E-state index contributed by atoms with van der Waals surface area (Å²) in [5.74, 6) is 0.599. The van der Waals surface area contributed by atoms with Crippen molar-refractivity contribution < 1.29 is 9.53 Å². The molecule has 0 bridgehead atoms. The molecule has 0 radical (unpaired) electrons. The third-order valence-electron chi connectivity index (χ3n) is 4.66. The van der Waals surface area contributed by atoms with Crippen LogP contribution in [0, 0.1) is 13.8 Å². The van der Waals surface area contributed by atoms with Crippen molar-refractivity contribution >= 4 is 5.91 Å². The Kier molecular flexibility index (Phi) is 5.88. The summed E-state index contributed by atoms with van der Waals surface area (Å²) in [6.45, 7) is 8.19. The van der Waals surface area contributed by atoms with Gasteiger partial charge >= 0.3 is 0 Å². The van der Waals surface area contributed by atoms with Crippen LogP contribution in [0.25, 0.3) is 0 Å². The minimum Gasteiger partial charge on any atom is -0.491 e. The zero-order chi connectivity index (χ0) is 18.5. The van der Waals surface area contributed by atoms with Gasteiger partial charge in [0.05, 0.1) is 17.8 Å². The van der Waals surface area contributed by atoms with Crippen LogP contribution in [-0.4, -0.2) is 46.6 Å². The van der Waals surface area contributed by atoms with E-state index in [-0.39, 0.29) is 11.9 Å². The number of aryl methyl sites for hydroxylation is 1. The number of rotatable bonds is 6. The lowest BCUT2D eigenvalue weighted by Gasteiger charge is -2.23. The van der Waals surface area contributed by atoms with Crippen molar-refractivity contribution in [1.29, 1.82) is 0 Å². The normalized spacial score (nSPS) is 16.3. The van der Waals surface area contributed by atoms with Crippen molar-refractivity contribution in [2.75, 3.05) is 19.7 Å². The lowest BCUT2D eigenvalue weighted by atomic mass is 10.1. The third-order valence-corrected chi connectivity index (χ3v) is 4.66. The number of benzene rings is 1. The van der Waals surface area contributed by atoms with E-state index in [1.54, 1.807) is 0 Å². The van der Waals surface area contributed by atoms with E-state index in [2.05, 4.69) is 20.9 Å². The summed E-state index contributed by atoms with van der Waals surface area (Å²) in [6, 6.07) is 8.04. The summed E-state index contributed by atoms with van der Waals surface area (Å²) in [6.07, 6.45) is 2.01. The van der Waals surface area contributed by atoms with Gasteiger partial charge in [-0.1, -0.05) is 17.3 Å². The number of aromatic nitrogens is 3. The van der Waals surface area contributed by atoms with Crippen molar-refractivity contribution in [3.63, 3.8) is 0 Å². The van der Waals surface area contributed by atoms with Gasteiger partial charge in [-0.3, -0.25) is 4.79 Å². The van der Waals surface area contributed by atoms with Gasteiger partial charge in [0.15, 0.2) is 5.69 Å². The highest BCUT2D eigenvalue weighted by atomic mass is 16.5. The molecule has 0 aliphatic carbocycles. The van der Waals surface area contributed by atoms with Gasteiger partial charge in [0.1, 0.15) is 12.4 Å². The number of nitrogens with one attached hydrogen (secondary N) is 2. The highest BCUT2D eigenvalue weighted by Crippen LogP contribution is 2.20. The van der Waals surface area contributed by atoms with Crippen LogP contribution in [0.15, 0.2) is 24.3 Å². The Labute approximate surface area is 154 Å². The summed E-state index contributed by atoms with van der Waals surface area (Å²) >= 11 is 0. The average Bonchev–Trinajstić information content (AvgIpc) is 3.02. The van der Waals surface area contributed by atoms with Crippen molar-refractivity contribution in [1.82, 2.24) is 25.6 Å². The smallest absolute Gasteiger partial charge is 0.274 e. The molecule has 1 fully saturated rings. The first-order chi connectivity index (χ1) is 12.5. The van der Waals surface area contributed by atoms with Crippen LogP contribution in [0.3, 0.4) is 0 Å². The van der Waals surface area contributed by atoms with Gasteiger partial charge in [0.25, 0.3) is 5.91 Å². The second-order valence-electron chi connectivity index (χ2n) is 6.95. The first kappa shape index (κ1) is 18.4. The van der Waals surface area contributed by atoms with Crippen LogP contribution in [0.4, 0.5) is 0 Å². The van der Waals surface area contributed by atoms with E-state index in [1.165, 1.54) is 0 Å². The predicted octanol–water partition coefficient (Wildman–Crippen LogP) is 2.02. The second-order valence-corrected chi connectivity index (χ2v) is 6.95. The van der Waals surface area contributed by atoms with Crippen LogP contribution in [0.1, 0.15) is 47.6 Å². The summed E-state index contributed by atoms with van der Waals surface area (Å²) in [5.41, 5.74) is 2.36. The van der Waals surface area contributed by atoms with Crippen LogP contribution in [0.2, 0.25) is 0 Å². The number of carbonyl (C=O) groups is 1. The molecule has 0 saturated carbocycles. The lowest BCUT2D eigenvalue weighted by molar-refractivity contribution is 0.0920. The van der Waals surface area contributed by atoms with E-state index in [1.807, 2.05) is 49.7 Å². The molecule has 1 unspecified atom stereocenters. The van der Waals surface area contributed by atoms with E-state index >= 15 is 0 Å². The van der Waals surface area contributed by atoms with Crippen LogP contribution in [0.5, 0.6) is 5.75 Å². The average molecular weight is 357 g/mol. The molecule has 26 heavy (non-hydrogen) atoms. The zero-order valence-electron chi connectivity index (χ0n) is 15.7. The van der Waals surface area contributed by atoms with Gasteiger partial charge < -0.3 is 15.4 Å². The Morgan fingerprint density at radius 2 is 2.15 bits per heavy atom. The van der Waals surface area contributed by atoms with E-state index in [9.17, 15) is 4.79 Å². The Hall–Kier alpha value is -2.41. The molecule has 1 atom stereocenters. The maximum atomic E-state index is 12.5. The fraction of sp³-hybridized carbons (Fsp3) is 0.526. The van der Waals surface area contributed by atoms with Gasteiger partial charge in [0, 0.05) is 0 Å². The molecule has 1 aromatic heterocycles. The first-order valence-corrected chi connectivity index (χ1v) is 9.17. The summed E-state index contributed by atoms with van der Waals surface area (Å²) < 4.78 is 7.65. The summed E-state index contributed by atoms with van der Waals surface area (Å²) in [5, 5.41) is 14.6. The summed E-state index contributed by atoms with van der Waals surface area (Å²) in [7, 11) is 0. The third kappa shape index (κ3) is 4.40. The fourth-order valence-corrected chi connectivity index (χ4v) is 3.21. The molecule has 0 spiro atoms. The largest absolute Gasteiger partial charge is 0.491 e. The Morgan fingerprint density at radius 3 is 2.88 bits per heavy atom. The molecule has 1 aliphatic rings. The highest BCUT2D eigenvalue weighted by molar-refractivity contribution is 5.93. The molecular weight excluding hydrogens is 330 g/mol. The molecule has 3 rings (SSSR count). The monoisotopic (exact) mass is 357 g/mol. The van der Waals surface area contributed by atoms with Gasteiger partial charge in [-0.15, -0.1) is 5.10 Å². The van der Waals surface area contributed by atoms with Crippen LogP contribution in [-0.2, 0) is 0 Å². The van der Waals surface area contributed by atoms with E-state index < -0.39 is 0 Å². The summed E-state index contributed by atoms with van der Waals surface area (Å²) in [4.78, 5) is 12.5. The maximum absolute atomic E-state index is 12.5. The topological polar surface area (TPSA) is 81.1 Å². The first-order valence-electron chi connectivity index (χ1n) is 9.17. The quantitative estimate of drug-likeness (QED) is 0.827. The van der Waals surface area contributed by atoms with Crippen LogP contribution < -0.4 is 15.4 Å². The molecule has 7 nitrogen and oxygen atoms in total. The Balaban J connectivity index is 1.56. The van der Waals surface area contributed by atoms with Crippen molar-refractivity contribution in [2.24, 2.45) is 0 Å². The number of carbonyl (C=O) groups excluding carboxylic acids is 1. The number of hydrogen-bond acceptors (Lipinski definition) is 5. The molecule has 140 valence electrons. The number of amides is 1. The fourth-order valence-electron chi connectivity index (χ4n) is 3.21. The highest BCUT2D eigenvalue weighted by Gasteiger charge is 2.23. The van der Waals surface area contributed by atoms with Gasteiger partial charge in [-0.2, -0.15) is 0 Å². The zero-order valence-corrected chi connectivity index (χ0v) is 15.7. The lowest BCUT2D eigenvalue weighted by Crippen LogP contribution is -2.37. The molecule has 2 aromatic rings. The van der Waals surface area contributed by atoms with E-state index in [0.717, 1.165) is 42.9 Å². The van der Waals surface area contributed by atoms with Crippen LogP contribution >= 0.6 is 0 Å². The van der Waals surface area contributed by atoms with Gasteiger partial charge in [-0.05, 0) is 64.4 Å². The Morgan fingerprint density at radius 1 is 1.38 bits per heavy atom. The van der Waals surface area contributed by atoms with Crippen molar-refractivity contribution in [3.8, 4) is 5.75 Å². The predicted molar refractivity (Wildman–Crippen MR) is 99.5 cm³/mol. The minimum atomic E-state index is -0.206. The van der Waals surface area contributed by atoms with E-state index in [4.69, 9.17) is 4.74 Å². The molecule has 1 saturated heterocycles. The number of hydrogen-bond donors (Lipinski definition) is 2. The number of ether oxygens (including phenoxy) is 1. The molecule has 2 heterocycles. The molecule has 7 heteroatoms. The molecule has 1 aromatic carbocycles. The molecule has 2 N–H and O–H groups in total. The SMILES string of the molecule is Cc1cccc(OCC(C)NC(=O)c2nnn(C3CCNCC3)c2C)c1. The molecule has 1 aliphatic heterocycles. The van der Waals surface area contributed by atoms with Gasteiger partial charge in [-0.25, -0.2) is 4.68 Å². The standard InChI is InChI=1S/C19H27N5O2/c1-13-5-4-6-17(11-13)26-12-14(2)21-19(25)18-15(3)24(23-22-18)16-7-9-20-10-8-16/h4-6,11,14,16,20H,7-10,12H2,1-3H3,(H,21,25). The molecule has 1 amide bonds. The van der Waals surface area contributed by atoms with E-state index in [0.29, 0.717) is 18.3 Å². The maximum Gasteiger partial charge on any atom is 0.274 e. The van der Waals surface area contributed by atoms with Gasteiger partial charge in [0.2, 0.25) is 0 Å². The Bertz CT molecular complexity index is 752. The minimum absolute atomic E-state index is 0.133. The number of piperidine rings is 1. The molecular formula is C19H27N5O2.